The third kappa shape index (κ3) is 4.18. The Bertz CT molecular complexity index is 1220. The molecule has 0 aliphatic rings. The number of thioether (sulfide) groups is 1. The van der Waals surface area contributed by atoms with Gasteiger partial charge in [-0.15, -0.1) is 11.3 Å². The first kappa shape index (κ1) is 19.6. The summed E-state index contributed by atoms with van der Waals surface area (Å²) in [6, 6.07) is 12.5. The van der Waals surface area contributed by atoms with E-state index < -0.39 is 11.6 Å². The normalized spacial score (nSPS) is 11.1. The van der Waals surface area contributed by atoms with Crippen LogP contribution in [0.1, 0.15) is 11.1 Å². The van der Waals surface area contributed by atoms with Gasteiger partial charge in [-0.25, -0.2) is 13.8 Å². The molecule has 0 N–H and O–H groups in total. The van der Waals surface area contributed by atoms with Gasteiger partial charge in [-0.2, -0.15) is 0 Å². The quantitative estimate of drug-likeness (QED) is 0.316. The van der Waals surface area contributed by atoms with Gasteiger partial charge in [-0.05, 0) is 47.3 Å². The van der Waals surface area contributed by atoms with Crippen LogP contribution in [0.3, 0.4) is 0 Å². The number of fused-ring (bicyclic) bond motifs is 1. The molecule has 0 fully saturated rings. The number of hydrogen-bond acceptors (Lipinski definition) is 5. The summed E-state index contributed by atoms with van der Waals surface area (Å²) < 4.78 is 34.8. The van der Waals surface area contributed by atoms with Crippen LogP contribution >= 0.6 is 23.1 Å². The maximum absolute atomic E-state index is 14.0. The lowest BCUT2D eigenvalue weighted by Crippen LogP contribution is -2.23. The van der Waals surface area contributed by atoms with Crippen LogP contribution in [0, 0.1) is 11.6 Å². The van der Waals surface area contributed by atoms with Crippen molar-refractivity contribution in [3.63, 3.8) is 0 Å². The first-order valence-electron chi connectivity index (χ1n) is 8.73. The largest absolute Gasteiger partial charge is 0.497 e. The highest BCUT2D eigenvalue weighted by atomic mass is 32.2. The van der Waals surface area contributed by atoms with Gasteiger partial charge >= 0.3 is 0 Å². The van der Waals surface area contributed by atoms with Gasteiger partial charge < -0.3 is 4.74 Å². The molecule has 0 atom stereocenters. The van der Waals surface area contributed by atoms with E-state index >= 15 is 0 Å². The molecule has 148 valence electrons. The Hall–Kier alpha value is -2.71. The fourth-order valence-corrected chi connectivity index (χ4v) is 4.63. The minimum atomic E-state index is -0.501. The number of halogens is 2. The summed E-state index contributed by atoms with van der Waals surface area (Å²) in [5.41, 5.74) is 1.59. The Morgan fingerprint density at radius 3 is 2.69 bits per heavy atom. The second-order valence-corrected chi connectivity index (χ2v) is 8.15. The van der Waals surface area contributed by atoms with Crippen molar-refractivity contribution in [2.24, 2.45) is 0 Å². The Labute approximate surface area is 173 Å². The third-order valence-corrected chi connectivity index (χ3v) is 6.31. The zero-order chi connectivity index (χ0) is 20.4. The zero-order valence-corrected chi connectivity index (χ0v) is 17.0. The molecule has 2 heterocycles. The van der Waals surface area contributed by atoms with E-state index in [9.17, 15) is 13.6 Å². The molecule has 0 bridgehead atoms. The fourth-order valence-electron chi connectivity index (χ4n) is 2.88. The van der Waals surface area contributed by atoms with E-state index in [1.165, 1.54) is 23.1 Å². The Kier molecular flexibility index (Phi) is 5.64. The molecule has 0 saturated carbocycles. The third-order valence-electron chi connectivity index (χ3n) is 4.40. The van der Waals surface area contributed by atoms with Crippen LogP contribution in [0.5, 0.6) is 5.75 Å². The van der Waals surface area contributed by atoms with Crippen molar-refractivity contribution in [1.29, 1.82) is 0 Å². The van der Waals surface area contributed by atoms with Gasteiger partial charge in [0.15, 0.2) is 5.16 Å². The lowest BCUT2D eigenvalue weighted by molar-refractivity contribution is 0.414. The second kappa shape index (κ2) is 8.34. The van der Waals surface area contributed by atoms with Crippen molar-refractivity contribution < 1.29 is 13.5 Å². The SMILES string of the molecule is COc1ccc(Cn2c(SCc3cc(F)ccc3F)nc3ccsc3c2=O)cc1. The van der Waals surface area contributed by atoms with Crippen molar-refractivity contribution >= 4 is 33.3 Å². The number of methoxy groups -OCH3 is 1. The number of benzene rings is 2. The van der Waals surface area contributed by atoms with Crippen molar-refractivity contribution in [2.75, 3.05) is 7.11 Å². The van der Waals surface area contributed by atoms with Gasteiger partial charge in [-0.1, -0.05) is 23.9 Å². The molecule has 4 nitrogen and oxygen atoms in total. The monoisotopic (exact) mass is 430 g/mol. The zero-order valence-electron chi connectivity index (χ0n) is 15.4. The Balaban J connectivity index is 1.70. The van der Waals surface area contributed by atoms with Crippen LogP contribution in [0.15, 0.2) is 63.9 Å². The molecule has 29 heavy (non-hydrogen) atoms. The van der Waals surface area contributed by atoms with E-state index in [0.29, 0.717) is 21.9 Å². The van der Waals surface area contributed by atoms with Crippen molar-refractivity contribution in [1.82, 2.24) is 9.55 Å². The smallest absolute Gasteiger partial charge is 0.272 e. The molecule has 0 radical (unpaired) electrons. The summed E-state index contributed by atoms with van der Waals surface area (Å²) in [5.74, 6) is -0.101. The Morgan fingerprint density at radius 2 is 1.93 bits per heavy atom. The van der Waals surface area contributed by atoms with Crippen molar-refractivity contribution in [3.05, 3.63) is 87.0 Å². The number of thiophene rings is 1. The molecule has 0 aliphatic heterocycles. The number of hydrogen-bond donors (Lipinski definition) is 0. The minimum Gasteiger partial charge on any atom is -0.497 e. The molecule has 0 saturated heterocycles. The molecular formula is C21H16F2N2O2S2. The van der Waals surface area contributed by atoms with Gasteiger partial charge in [0.2, 0.25) is 0 Å². The van der Waals surface area contributed by atoms with Crippen LogP contribution in [-0.4, -0.2) is 16.7 Å². The van der Waals surface area contributed by atoms with E-state index in [2.05, 4.69) is 4.98 Å². The standard InChI is InChI=1S/C21H16F2N2O2S2/c1-27-16-5-2-13(3-6-16)11-25-20(26)19-18(8-9-28-19)24-21(25)29-12-14-10-15(22)4-7-17(14)23/h2-10H,11-12H2,1H3. The predicted molar refractivity (Wildman–Crippen MR) is 112 cm³/mol. The average molecular weight is 431 g/mol. The van der Waals surface area contributed by atoms with Crippen LogP contribution < -0.4 is 10.3 Å². The summed E-state index contributed by atoms with van der Waals surface area (Å²) in [5, 5.41) is 2.28. The van der Waals surface area contributed by atoms with Crippen molar-refractivity contribution in [3.8, 4) is 5.75 Å². The maximum atomic E-state index is 14.0. The number of nitrogens with zero attached hydrogens (tertiary/aromatic N) is 2. The topological polar surface area (TPSA) is 44.1 Å². The van der Waals surface area contributed by atoms with E-state index in [4.69, 9.17) is 4.74 Å². The van der Waals surface area contributed by atoms with Gasteiger partial charge in [-0.3, -0.25) is 9.36 Å². The summed E-state index contributed by atoms with van der Waals surface area (Å²) >= 11 is 2.55. The maximum Gasteiger partial charge on any atom is 0.272 e. The van der Waals surface area contributed by atoms with Crippen LogP contribution in [0.2, 0.25) is 0 Å². The highest BCUT2D eigenvalue weighted by molar-refractivity contribution is 7.98. The number of rotatable bonds is 6. The van der Waals surface area contributed by atoms with Crippen molar-refractivity contribution in [2.45, 2.75) is 17.5 Å². The summed E-state index contributed by atoms with van der Waals surface area (Å²) in [7, 11) is 1.59. The molecule has 4 aromatic rings. The number of ether oxygens (including phenoxy) is 1. The molecule has 4 rings (SSSR count). The molecule has 2 aromatic heterocycles. The van der Waals surface area contributed by atoms with E-state index in [1.54, 1.807) is 17.7 Å². The highest BCUT2D eigenvalue weighted by Gasteiger charge is 2.14. The molecule has 0 amide bonds. The first-order chi connectivity index (χ1) is 14.0. The van der Waals surface area contributed by atoms with Crippen LogP contribution in [0.25, 0.3) is 10.2 Å². The minimum absolute atomic E-state index is 0.150. The molecule has 0 unspecified atom stereocenters. The molecular weight excluding hydrogens is 414 g/mol. The summed E-state index contributed by atoms with van der Waals surface area (Å²) in [6.45, 7) is 0.317. The van der Waals surface area contributed by atoms with Gasteiger partial charge in [0.05, 0.1) is 19.2 Å². The van der Waals surface area contributed by atoms with Crippen LogP contribution in [0.4, 0.5) is 8.78 Å². The predicted octanol–water partition coefficient (Wildman–Crippen LogP) is 5.09. The Morgan fingerprint density at radius 1 is 1.14 bits per heavy atom. The second-order valence-electron chi connectivity index (χ2n) is 6.29. The molecule has 0 aliphatic carbocycles. The molecule has 0 spiro atoms. The average Bonchev–Trinajstić information content (AvgIpc) is 3.20. The highest BCUT2D eigenvalue weighted by Crippen LogP contribution is 2.26. The van der Waals surface area contributed by atoms with Crippen LogP contribution in [-0.2, 0) is 12.3 Å². The molecule has 2 aromatic carbocycles. The fraction of sp³-hybridized carbons (Fsp3) is 0.143. The van der Waals surface area contributed by atoms with Gasteiger partial charge in [0.1, 0.15) is 22.1 Å². The summed E-state index contributed by atoms with van der Waals surface area (Å²) in [6.07, 6.45) is 0. The number of aromatic nitrogens is 2. The van der Waals surface area contributed by atoms with Gasteiger partial charge in [0, 0.05) is 11.3 Å². The van der Waals surface area contributed by atoms with E-state index in [1.807, 2.05) is 29.6 Å². The van der Waals surface area contributed by atoms with E-state index in [0.717, 1.165) is 29.5 Å². The van der Waals surface area contributed by atoms with E-state index in [-0.39, 0.29) is 16.9 Å². The van der Waals surface area contributed by atoms with Gasteiger partial charge in [0.25, 0.3) is 5.56 Å². The first-order valence-corrected chi connectivity index (χ1v) is 10.6. The molecule has 8 heteroatoms. The summed E-state index contributed by atoms with van der Waals surface area (Å²) in [4.78, 5) is 17.6. The lowest BCUT2D eigenvalue weighted by atomic mass is 10.2. The lowest BCUT2D eigenvalue weighted by Gasteiger charge is -2.13.